The number of rotatable bonds is 4. The maximum Gasteiger partial charge on any atom is 0.277 e. The van der Waals surface area contributed by atoms with E-state index in [4.69, 9.17) is 4.42 Å². The Balaban J connectivity index is 1.25. The van der Waals surface area contributed by atoms with Crippen LogP contribution in [0.2, 0.25) is 0 Å². The van der Waals surface area contributed by atoms with Crippen molar-refractivity contribution in [3.05, 3.63) is 51.9 Å². The molecule has 1 aliphatic carbocycles. The van der Waals surface area contributed by atoms with Gasteiger partial charge in [-0.2, -0.15) is 0 Å². The van der Waals surface area contributed by atoms with E-state index in [2.05, 4.69) is 41.4 Å². The average molecular weight is 440 g/mol. The lowest BCUT2D eigenvalue weighted by atomic mass is 9.90. The lowest BCUT2D eigenvalue weighted by Crippen LogP contribution is -2.40. The highest BCUT2D eigenvalue weighted by Crippen LogP contribution is 2.37. The average Bonchev–Trinajstić information content (AvgIpc) is 3.39. The third-order valence-corrected chi connectivity index (χ3v) is 8.16. The van der Waals surface area contributed by atoms with Crippen LogP contribution < -0.4 is 0 Å². The summed E-state index contributed by atoms with van der Waals surface area (Å²) in [7, 11) is 0. The lowest BCUT2D eigenvalue weighted by molar-refractivity contribution is -0.131. The first-order valence-electron chi connectivity index (χ1n) is 10.5. The van der Waals surface area contributed by atoms with Gasteiger partial charge in [-0.3, -0.25) is 4.79 Å². The molecule has 1 amide bonds. The fourth-order valence-electron chi connectivity index (χ4n) is 4.31. The Kier molecular flexibility index (Phi) is 5.41. The molecule has 156 valence electrons. The Hall–Kier alpha value is -2.12. The summed E-state index contributed by atoms with van der Waals surface area (Å²) in [6.07, 6.45) is 4.43. The SMILES string of the molecule is C[C@@H]1CCc2sc(-c3nnc(S[C@H](C)C(=O)N4CCc5ccccc5C4)o3)cc2C1. The number of carbonyl (C=O) groups excluding carboxylic acids is 1. The Morgan fingerprint density at radius 3 is 2.93 bits per heavy atom. The van der Waals surface area contributed by atoms with Crippen LogP contribution in [0.4, 0.5) is 0 Å². The summed E-state index contributed by atoms with van der Waals surface area (Å²) in [5, 5.41) is 8.65. The normalized spacial score (nSPS) is 19.3. The minimum absolute atomic E-state index is 0.120. The first-order valence-corrected chi connectivity index (χ1v) is 12.2. The summed E-state index contributed by atoms with van der Waals surface area (Å²) in [6, 6.07) is 10.6. The summed E-state index contributed by atoms with van der Waals surface area (Å²) in [5.74, 6) is 1.42. The van der Waals surface area contributed by atoms with Gasteiger partial charge in [-0.15, -0.1) is 21.5 Å². The van der Waals surface area contributed by atoms with Crippen molar-refractivity contribution in [1.82, 2.24) is 15.1 Å². The molecule has 1 aliphatic heterocycles. The first kappa shape index (κ1) is 19.8. The van der Waals surface area contributed by atoms with E-state index in [1.54, 1.807) is 11.3 Å². The number of hydrogen-bond acceptors (Lipinski definition) is 6. The van der Waals surface area contributed by atoms with Crippen LogP contribution in [0.15, 0.2) is 40.0 Å². The Morgan fingerprint density at radius 2 is 2.07 bits per heavy atom. The quantitative estimate of drug-likeness (QED) is 0.536. The molecule has 30 heavy (non-hydrogen) atoms. The second-order valence-corrected chi connectivity index (χ2v) is 10.7. The van der Waals surface area contributed by atoms with Gasteiger partial charge in [-0.25, -0.2) is 0 Å². The summed E-state index contributed by atoms with van der Waals surface area (Å²) < 4.78 is 5.92. The first-order chi connectivity index (χ1) is 14.6. The van der Waals surface area contributed by atoms with Gasteiger partial charge in [0.2, 0.25) is 5.91 Å². The number of aryl methyl sites for hydroxylation is 1. The smallest absolute Gasteiger partial charge is 0.277 e. The largest absolute Gasteiger partial charge is 0.410 e. The van der Waals surface area contributed by atoms with Gasteiger partial charge in [0.25, 0.3) is 11.1 Å². The molecule has 5 nitrogen and oxygen atoms in total. The van der Waals surface area contributed by atoms with E-state index in [1.807, 2.05) is 17.9 Å². The van der Waals surface area contributed by atoms with Crippen LogP contribution in [-0.4, -0.2) is 32.8 Å². The Morgan fingerprint density at radius 1 is 1.23 bits per heavy atom. The molecule has 0 saturated carbocycles. The number of nitrogens with zero attached hydrogens (tertiary/aromatic N) is 3. The number of amides is 1. The highest BCUT2D eigenvalue weighted by Gasteiger charge is 2.27. The molecule has 0 radical (unpaired) electrons. The Bertz CT molecular complexity index is 1070. The van der Waals surface area contributed by atoms with Crippen molar-refractivity contribution in [3.63, 3.8) is 0 Å². The minimum atomic E-state index is -0.263. The highest BCUT2D eigenvalue weighted by molar-refractivity contribution is 8.00. The van der Waals surface area contributed by atoms with E-state index < -0.39 is 0 Å². The van der Waals surface area contributed by atoms with E-state index in [1.165, 1.54) is 39.8 Å². The number of thioether (sulfide) groups is 1. The van der Waals surface area contributed by atoms with Crippen LogP contribution >= 0.6 is 23.1 Å². The molecule has 0 saturated heterocycles. The van der Waals surface area contributed by atoms with Gasteiger partial charge in [0, 0.05) is 18.0 Å². The van der Waals surface area contributed by atoms with Gasteiger partial charge in [-0.05, 0) is 61.3 Å². The zero-order valence-electron chi connectivity index (χ0n) is 17.3. The van der Waals surface area contributed by atoms with Gasteiger partial charge >= 0.3 is 0 Å². The molecule has 0 N–H and O–H groups in total. The van der Waals surface area contributed by atoms with E-state index in [9.17, 15) is 4.79 Å². The van der Waals surface area contributed by atoms with E-state index in [-0.39, 0.29) is 11.2 Å². The molecule has 3 aromatic rings. The van der Waals surface area contributed by atoms with Crippen molar-refractivity contribution in [2.45, 2.75) is 56.5 Å². The second-order valence-electron chi connectivity index (χ2n) is 8.32. The standard InChI is InChI=1S/C23H25N3O2S2/c1-14-7-8-19-18(11-14)12-20(30-19)21-24-25-23(28-21)29-15(2)22(27)26-10-9-16-5-3-4-6-17(16)13-26/h3-6,12,14-15H,7-11,13H2,1-2H3/t14-,15-/m1/s1. The van der Waals surface area contributed by atoms with Gasteiger partial charge in [0.1, 0.15) is 0 Å². The molecule has 0 spiro atoms. The topological polar surface area (TPSA) is 59.2 Å². The maximum atomic E-state index is 13.0. The number of hydrogen-bond donors (Lipinski definition) is 0. The summed E-state index contributed by atoms with van der Waals surface area (Å²) >= 11 is 3.12. The zero-order chi connectivity index (χ0) is 20.7. The predicted molar refractivity (Wildman–Crippen MR) is 120 cm³/mol. The van der Waals surface area contributed by atoms with Gasteiger partial charge in [-0.1, -0.05) is 43.0 Å². The van der Waals surface area contributed by atoms with Crippen LogP contribution in [0.3, 0.4) is 0 Å². The molecule has 3 heterocycles. The fraction of sp³-hybridized carbons (Fsp3) is 0.435. The van der Waals surface area contributed by atoms with Crippen molar-refractivity contribution >= 4 is 29.0 Å². The molecular formula is C23H25N3O2S2. The van der Waals surface area contributed by atoms with Crippen molar-refractivity contribution < 1.29 is 9.21 Å². The third kappa shape index (κ3) is 3.93. The fourth-order valence-corrected chi connectivity index (χ4v) is 6.21. The van der Waals surface area contributed by atoms with Crippen molar-refractivity contribution in [2.75, 3.05) is 6.54 Å². The van der Waals surface area contributed by atoms with Crippen LogP contribution in [0.1, 0.15) is 41.8 Å². The maximum absolute atomic E-state index is 13.0. The minimum Gasteiger partial charge on any atom is -0.410 e. The molecule has 0 unspecified atom stereocenters. The van der Waals surface area contributed by atoms with Crippen LogP contribution in [0, 0.1) is 5.92 Å². The third-order valence-electron chi connectivity index (χ3n) is 6.01. The predicted octanol–water partition coefficient (Wildman–Crippen LogP) is 4.99. The monoisotopic (exact) mass is 439 g/mol. The van der Waals surface area contributed by atoms with Crippen molar-refractivity contribution in [3.8, 4) is 10.8 Å². The number of aromatic nitrogens is 2. The number of benzene rings is 1. The van der Waals surface area contributed by atoms with Crippen molar-refractivity contribution in [1.29, 1.82) is 0 Å². The summed E-state index contributed by atoms with van der Waals surface area (Å²) in [4.78, 5) is 17.4. The molecule has 7 heteroatoms. The van der Waals surface area contributed by atoms with Crippen LogP contribution in [0.25, 0.3) is 10.8 Å². The summed E-state index contributed by atoms with van der Waals surface area (Å²) in [5.41, 5.74) is 4.01. The van der Waals surface area contributed by atoms with Crippen molar-refractivity contribution in [2.24, 2.45) is 5.92 Å². The van der Waals surface area contributed by atoms with E-state index >= 15 is 0 Å². The molecule has 2 atom stereocenters. The number of fused-ring (bicyclic) bond motifs is 2. The lowest BCUT2D eigenvalue weighted by Gasteiger charge is -2.30. The van der Waals surface area contributed by atoms with Gasteiger partial charge in [0.05, 0.1) is 10.1 Å². The highest BCUT2D eigenvalue weighted by atomic mass is 32.2. The molecule has 0 fully saturated rings. The Labute approximate surface area is 184 Å². The van der Waals surface area contributed by atoms with Gasteiger partial charge in [0.15, 0.2) is 0 Å². The molecular weight excluding hydrogens is 414 g/mol. The molecule has 0 bridgehead atoms. The van der Waals surface area contributed by atoms with Gasteiger partial charge < -0.3 is 9.32 Å². The zero-order valence-corrected chi connectivity index (χ0v) is 18.9. The van der Waals surface area contributed by atoms with E-state index in [0.29, 0.717) is 17.7 Å². The molecule has 2 aliphatic rings. The van der Waals surface area contributed by atoms with E-state index in [0.717, 1.165) is 36.6 Å². The summed E-state index contributed by atoms with van der Waals surface area (Å²) in [6.45, 7) is 5.66. The molecule has 2 aromatic heterocycles. The number of thiophene rings is 1. The van der Waals surface area contributed by atoms with Crippen LogP contribution in [0.5, 0.6) is 0 Å². The number of carbonyl (C=O) groups is 1. The molecule has 1 aromatic carbocycles. The molecule has 5 rings (SSSR count). The second kappa shape index (κ2) is 8.19. The van der Waals surface area contributed by atoms with Crippen LogP contribution in [-0.2, 0) is 30.6 Å².